The van der Waals surface area contributed by atoms with Crippen LogP contribution in [0.3, 0.4) is 0 Å². The number of hydrogen-bond donors (Lipinski definition) is 1. The van der Waals surface area contributed by atoms with Crippen LogP contribution in [-0.4, -0.2) is 44.6 Å². The number of hydrogen-bond acceptors (Lipinski definition) is 5. The molecular weight excluding hydrogens is 420 g/mol. The second-order valence-corrected chi connectivity index (χ2v) is 7.80. The molecule has 0 saturated heterocycles. The molecule has 0 aliphatic carbocycles. The van der Waals surface area contributed by atoms with Crippen LogP contribution in [0, 0.1) is 6.92 Å². The van der Waals surface area contributed by atoms with Gasteiger partial charge in [0.2, 0.25) is 11.7 Å². The van der Waals surface area contributed by atoms with Gasteiger partial charge in [0, 0.05) is 16.8 Å². The first kappa shape index (κ1) is 22.2. The predicted octanol–water partition coefficient (Wildman–Crippen LogP) is 4.20. The van der Waals surface area contributed by atoms with Gasteiger partial charge in [0.25, 0.3) is 5.91 Å². The number of ether oxygens (including phenoxy) is 3. The fraction of sp³-hybridized carbons (Fsp3) is 0.231. The standard InChI is InChI=1S/C26H26N2O5/c1-16-10-11-20-19(12-16)24(17-8-6-5-7-9-17)28(15-23(29)27-20)26(30)18-13-21(31-2)25(33-4)22(14-18)32-3/h5-14,24H,15H2,1-4H3,(H,27,29)/t24-/m0/s1. The first-order valence-corrected chi connectivity index (χ1v) is 10.5. The Labute approximate surface area is 192 Å². The Bertz CT molecular complexity index is 1170. The third-order valence-electron chi connectivity index (χ3n) is 5.69. The third kappa shape index (κ3) is 4.22. The van der Waals surface area contributed by atoms with Crippen LogP contribution < -0.4 is 19.5 Å². The highest BCUT2D eigenvalue weighted by Crippen LogP contribution is 2.41. The normalized spacial score (nSPS) is 15.2. The van der Waals surface area contributed by atoms with Gasteiger partial charge in [-0.3, -0.25) is 9.59 Å². The van der Waals surface area contributed by atoms with Crippen LogP contribution in [0.1, 0.15) is 33.1 Å². The zero-order chi connectivity index (χ0) is 23.5. The van der Waals surface area contributed by atoms with Crippen molar-refractivity contribution in [2.45, 2.75) is 13.0 Å². The van der Waals surface area contributed by atoms with Crippen molar-refractivity contribution in [3.63, 3.8) is 0 Å². The summed E-state index contributed by atoms with van der Waals surface area (Å²) in [4.78, 5) is 28.3. The highest BCUT2D eigenvalue weighted by atomic mass is 16.5. The van der Waals surface area contributed by atoms with Gasteiger partial charge in [-0.05, 0) is 30.7 Å². The molecule has 0 unspecified atom stereocenters. The summed E-state index contributed by atoms with van der Waals surface area (Å²) in [6, 6.07) is 18.3. The van der Waals surface area contributed by atoms with Crippen LogP contribution in [0.25, 0.3) is 0 Å². The first-order valence-electron chi connectivity index (χ1n) is 10.5. The predicted molar refractivity (Wildman–Crippen MR) is 125 cm³/mol. The third-order valence-corrected chi connectivity index (χ3v) is 5.69. The van der Waals surface area contributed by atoms with E-state index < -0.39 is 6.04 Å². The lowest BCUT2D eigenvalue weighted by molar-refractivity contribution is -0.117. The van der Waals surface area contributed by atoms with Crippen molar-refractivity contribution < 1.29 is 23.8 Å². The number of nitrogens with zero attached hydrogens (tertiary/aromatic N) is 1. The number of carbonyl (C=O) groups excluding carboxylic acids is 2. The zero-order valence-electron chi connectivity index (χ0n) is 19.0. The Morgan fingerprint density at radius 2 is 1.61 bits per heavy atom. The summed E-state index contributed by atoms with van der Waals surface area (Å²) in [5.41, 5.74) is 3.81. The second-order valence-electron chi connectivity index (χ2n) is 7.80. The number of carbonyl (C=O) groups is 2. The van der Waals surface area contributed by atoms with E-state index in [0.717, 1.165) is 16.7 Å². The Balaban J connectivity index is 1.89. The number of aryl methyl sites for hydroxylation is 1. The molecule has 1 atom stereocenters. The summed E-state index contributed by atoms with van der Waals surface area (Å²) in [6.07, 6.45) is 0. The Morgan fingerprint density at radius 3 is 2.21 bits per heavy atom. The first-order chi connectivity index (χ1) is 16.0. The molecule has 0 bridgehead atoms. The van der Waals surface area contributed by atoms with Crippen LogP contribution in [0.2, 0.25) is 0 Å². The highest BCUT2D eigenvalue weighted by Gasteiger charge is 2.34. The molecule has 2 amide bonds. The van der Waals surface area contributed by atoms with Gasteiger partial charge in [-0.15, -0.1) is 0 Å². The van der Waals surface area contributed by atoms with Crippen LogP contribution in [0.5, 0.6) is 17.2 Å². The van der Waals surface area contributed by atoms with Gasteiger partial charge >= 0.3 is 0 Å². The molecule has 0 spiro atoms. The molecule has 4 rings (SSSR count). The molecule has 0 aromatic heterocycles. The molecule has 1 aliphatic rings. The van der Waals surface area contributed by atoms with E-state index in [0.29, 0.717) is 28.5 Å². The van der Waals surface area contributed by atoms with Crippen molar-refractivity contribution in [1.29, 1.82) is 0 Å². The zero-order valence-corrected chi connectivity index (χ0v) is 19.0. The number of benzene rings is 3. The van der Waals surface area contributed by atoms with Crippen molar-refractivity contribution in [3.8, 4) is 17.2 Å². The van der Waals surface area contributed by atoms with E-state index in [9.17, 15) is 9.59 Å². The molecule has 3 aromatic carbocycles. The maximum Gasteiger partial charge on any atom is 0.255 e. The fourth-order valence-electron chi connectivity index (χ4n) is 4.18. The lowest BCUT2D eigenvalue weighted by Gasteiger charge is -2.31. The molecule has 33 heavy (non-hydrogen) atoms. The van der Waals surface area contributed by atoms with Crippen LogP contribution in [0.4, 0.5) is 5.69 Å². The summed E-state index contributed by atoms with van der Waals surface area (Å²) >= 11 is 0. The largest absolute Gasteiger partial charge is 0.493 e. The topological polar surface area (TPSA) is 77.1 Å². The van der Waals surface area contributed by atoms with E-state index in [1.54, 1.807) is 17.0 Å². The van der Waals surface area contributed by atoms with E-state index in [1.807, 2.05) is 55.5 Å². The number of rotatable bonds is 5. The average molecular weight is 447 g/mol. The SMILES string of the molecule is COc1cc(C(=O)N2CC(=O)Nc3ccc(C)cc3[C@@H]2c2ccccc2)cc(OC)c1OC. The van der Waals surface area contributed by atoms with E-state index >= 15 is 0 Å². The quantitative estimate of drug-likeness (QED) is 0.636. The molecular formula is C26H26N2O5. The number of nitrogens with one attached hydrogen (secondary N) is 1. The van der Waals surface area contributed by atoms with Crippen molar-refractivity contribution in [2.24, 2.45) is 0 Å². The lowest BCUT2D eigenvalue weighted by Crippen LogP contribution is -2.39. The lowest BCUT2D eigenvalue weighted by atomic mass is 9.94. The van der Waals surface area contributed by atoms with Gasteiger partial charge < -0.3 is 24.4 Å². The van der Waals surface area contributed by atoms with E-state index in [4.69, 9.17) is 14.2 Å². The van der Waals surface area contributed by atoms with Crippen LogP contribution in [0.15, 0.2) is 60.7 Å². The molecule has 7 heteroatoms. The van der Waals surface area contributed by atoms with Crippen molar-refractivity contribution in [1.82, 2.24) is 4.90 Å². The van der Waals surface area contributed by atoms with E-state index in [2.05, 4.69) is 5.32 Å². The number of fused-ring (bicyclic) bond motifs is 1. The number of amides is 2. The van der Waals surface area contributed by atoms with E-state index in [1.165, 1.54) is 21.3 Å². The minimum Gasteiger partial charge on any atom is -0.493 e. The van der Waals surface area contributed by atoms with E-state index in [-0.39, 0.29) is 18.4 Å². The summed E-state index contributed by atoms with van der Waals surface area (Å²) in [6.45, 7) is 1.88. The van der Waals surface area contributed by atoms with Crippen molar-refractivity contribution in [2.75, 3.05) is 33.2 Å². The maximum atomic E-state index is 13.9. The molecule has 170 valence electrons. The minimum atomic E-state index is -0.466. The number of anilines is 1. The maximum absolute atomic E-state index is 13.9. The van der Waals surface area contributed by atoms with Gasteiger partial charge in [-0.25, -0.2) is 0 Å². The summed E-state index contributed by atoms with van der Waals surface area (Å²) in [5, 5.41) is 2.95. The van der Waals surface area contributed by atoms with Gasteiger partial charge in [0.1, 0.15) is 6.54 Å². The monoisotopic (exact) mass is 446 g/mol. The summed E-state index contributed by atoms with van der Waals surface area (Å²) < 4.78 is 16.2. The van der Waals surface area contributed by atoms with Gasteiger partial charge in [0.15, 0.2) is 11.5 Å². The Hall–Kier alpha value is -4.00. The van der Waals surface area contributed by atoms with Crippen LogP contribution in [-0.2, 0) is 4.79 Å². The fourth-order valence-corrected chi connectivity index (χ4v) is 4.18. The Kier molecular flexibility index (Phi) is 6.22. The van der Waals surface area contributed by atoms with Gasteiger partial charge in [-0.1, -0.05) is 48.0 Å². The smallest absolute Gasteiger partial charge is 0.255 e. The van der Waals surface area contributed by atoms with Gasteiger partial charge in [0.05, 0.1) is 27.4 Å². The molecule has 7 nitrogen and oxygen atoms in total. The Morgan fingerprint density at radius 1 is 0.939 bits per heavy atom. The molecule has 3 aromatic rings. The molecule has 0 fully saturated rings. The molecule has 1 N–H and O–H groups in total. The van der Waals surface area contributed by atoms with Gasteiger partial charge in [-0.2, -0.15) is 0 Å². The highest BCUT2D eigenvalue weighted by molar-refractivity contribution is 6.02. The average Bonchev–Trinajstić information content (AvgIpc) is 2.98. The summed E-state index contributed by atoms with van der Waals surface area (Å²) in [7, 11) is 4.50. The molecule has 1 heterocycles. The second kappa shape index (κ2) is 9.24. The molecule has 1 aliphatic heterocycles. The number of methoxy groups -OCH3 is 3. The minimum absolute atomic E-state index is 0.108. The summed E-state index contributed by atoms with van der Waals surface area (Å²) in [5.74, 6) is 0.539. The van der Waals surface area contributed by atoms with Crippen LogP contribution >= 0.6 is 0 Å². The molecule has 0 saturated carbocycles. The van der Waals surface area contributed by atoms with Crippen molar-refractivity contribution >= 4 is 17.5 Å². The van der Waals surface area contributed by atoms with Crippen molar-refractivity contribution in [3.05, 3.63) is 82.9 Å². The molecule has 0 radical (unpaired) electrons.